The minimum absolute atomic E-state index is 0.0531. The monoisotopic (exact) mass is 213 g/mol. The number of carboxylic acid groups (broad SMARTS) is 1. The van der Waals surface area contributed by atoms with E-state index in [1.54, 1.807) is 13.1 Å². The average molecular weight is 213 g/mol. The van der Waals surface area contributed by atoms with Gasteiger partial charge < -0.3 is 5.11 Å². The molecule has 0 aliphatic rings. The number of nitro groups is 1. The standard InChI is InChI=1S/C7H9N3O2.CH2O2/c1-3-4-6-7(10(11)12)5-9(2)8-6;2-1-3/h3,5H,1,4H2,2H3;1H,(H,2,3). The number of hydrogen-bond acceptors (Lipinski definition) is 4. The highest BCUT2D eigenvalue weighted by molar-refractivity contribution is 5.33. The van der Waals surface area contributed by atoms with Crippen LogP contribution in [0.5, 0.6) is 0 Å². The topological polar surface area (TPSA) is 98.3 Å². The van der Waals surface area contributed by atoms with Gasteiger partial charge >= 0.3 is 5.69 Å². The van der Waals surface area contributed by atoms with Crippen molar-refractivity contribution in [1.29, 1.82) is 0 Å². The van der Waals surface area contributed by atoms with Crippen LogP contribution >= 0.6 is 0 Å². The van der Waals surface area contributed by atoms with Gasteiger partial charge in [0.25, 0.3) is 6.47 Å². The Balaban J connectivity index is 0.000000583. The van der Waals surface area contributed by atoms with Gasteiger partial charge in [-0.1, -0.05) is 6.08 Å². The predicted molar refractivity (Wildman–Crippen MR) is 52.5 cm³/mol. The molecule has 0 radical (unpaired) electrons. The van der Waals surface area contributed by atoms with Gasteiger partial charge in [0, 0.05) is 13.5 Å². The van der Waals surface area contributed by atoms with Gasteiger partial charge in [-0.25, -0.2) is 0 Å². The minimum Gasteiger partial charge on any atom is -0.483 e. The number of allylic oxidation sites excluding steroid dienone is 1. The molecule has 7 heteroatoms. The van der Waals surface area contributed by atoms with E-state index in [1.807, 2.05) is 0 Å². The molecule has 0 bridgehead atoms. The lowest BCUT2D eigenvalue weighted by atomic mass is 10.3. The molecule has 0 unspecified atom stereocenters. The fourth-order valence-electron chi connectivity index (χ4n) is 0.957. The Morgan fingerprint density at radius 2 is 2.33 bits per heavy atom. The third-order valence-electron chi connectivity index (χ3n) is 1.42. The van der Waals surface area contributed by atoms with Gasteiger partial charge in [-0.05, 0) is 0 Å². The van der Waals surface area contributed by atoms with Gasteiger partial charge in [0.15, 0.2) is 0 Å². The van der Waals surface area contributed by atoms with E-state index >= 15 is 0 Å². The number of rotatable bonds is 3. The van der Waals surface area contributed by atoms with Crippen LogP contribution < -0.4 is 0 Å². The zero-order valence-electron chi connectivity index (χ0n) is 8.16. The molecule has 1 aromatic rings. The molecule has 0 amide bonds. The van der Waals surface area contributed by atoms with E-state index in [0.29, 0.717) is 12.1 Å². The molecule has 7 nitrogen and oxygen atoms in total. The summed E-state index contributed by atoms with van der Waals surface area (Å²) in [5.74, 6) is 0. The second-order valence-electron chi connectivity index (χ2n) is 2.49. The maximum atomic E-state index is 10.4. The Labute approximate surface area is 85.8 Å². The quantitative estimate of drug-likeness (QED) is 0.346. The van der Waals surface area contributed by atoms with E-state index < -0.39 is 4.92 Å². The van der Waals surface area contributed by atoms with Crippen molar-refractivity contribution < 1.29 is 14.8 Å². The van der Waals surface area contributed by atoms with Crippen molar-refractivity contribution in [2.75, 3.05) is 0 Å². The van der Waals surface area contributed by atoms with Crippen molar-refractivity contribution >= 4 is 12.2 Å². The van der Waals surface area contributed by atoms with Crippen molar-refractivity contribution in [2.45, 2.75) is 6.42 Å². The Hall–Kier alpha value is -2.18. The number of carbonyl (C=O) groups is 1. The summed E-state index contributed by atoms with van der Waals surface area (Å²) in [7, 11) is 1.65. The summed E-state index contributed by atoms with van der Waals surface area (Å²) in [6.45, 7) is 3.24. The van der Waals surface area contributed by atoms with E-state index in [-0.39, 0.29) is 12.2 Å². The van der Waals surface area contributed by atoms with Gasteiger partial charge in [-0.2, -0.15) is 5.10 Å². The van der Waals surface area contributed by atoms with E-state index in [9.17, 15) is 10.1 Å². The molecular weight excluding hydrogens is 202 g/mol. The van der Waals surface area contributed by atoms with Crippen LogP contribution in [0.25, 0.3) is 0 Å². The van der Waals surface area contributed by atoms with Gasteiger partial charge in [0.05, 0.1) is 4.92 Å². The van der Waals surface area contributed by atoms with Gasteiger partial charge in [0.2, 0.25) is 0 Å². The molecule has 0 aliphatic heterocycles. The highest BCUT2D eigenvalue weighted by Crippen LogP contribution is 2.16. The first-order chi connectivity index (χ1) is 7.06. The van der Waals surface area contributed by atoms with Crippen LogP contribution in [0.4, 0.5) is 5.69 Å². The predicted octanol–water partition coefficient (Wildman–Crippen LogP) is 0.758. The molecular formula is C8H11N3O4. The summed E-state index contributed by atoms with van der Waals surface area (Å²) >= 11 is 0. The smallest absolute Gasteiger partial charge is 0.310 e. The average Bonchev–Trinajstić information content (AvgIpc) is 2.49. The molecule has 0 atom stereocenters. The largest absolute Gasteiger partial charge is 0.483 e. The molecule has 1 aromatic heterocycles. The normalized spacial score (nSPS) is 8.60. The molecule has 0 spiro atoms. The molecule has 0 saturated carbocycles. The summed E-state index contributed by atoms with van der Waals surface area (Å²) in [4.78, 5) is 18.4. The lowest BCUT2D eigenvalue weighted by Gasteiger charge is -1.87. The van der Waals surface area contributed by atoms with E-state index in [1.165, 1.54) is 10.9 Å². The Kier molecular flexibility index (Phi) is 5.38. The maximum absolute atomic E-state index is 10.4. The molecule has 1 rings (SSSR count). The van der Waals surface area contributed by atoms with Crippen LogP contribution in [-0.4, -0.2) is 26.3 Å². The van der Waals surface area contributed by atoms with Gasteiger partial charge in [-0.15, -0.1) is 6.58 Å². The zero-order chi connectivity index (χ0) is 11.8. The van der Waals surface area contributed by atoms with Crippen LogP contribution in [0.3, 0.4) is 0 Å². The zero-order valence-corrected chi connectivity index (χ0v) is 8.16. The first-order valence-corrected chi connectivity index (χ1v) is 3.92. The first kappa shape index (κ1) is 12.8. The van der Waals surface area contributed by atoms with Crippen LogP contribution in [0.1, 0.15) is 5.69 Å². The third kappa shape index (κ3) is 4.03. The Morgan fingerprint density at radius 3 is 2.73 bits per heavy atom. The lowest BCUT2D eigenvalue weighted by Crippen LogP contribution is -1.91. The van der Waals surface area contributed by atoms with Crippen LogP contribution in [0.15, 0.2) is 18.9 Å². The van der Waals surface area contributed by atoms with E-state index in [4.69, 9.17) is 9.90 Å². The molecule has 1 heterocycles. The van der Waals surface area contributed by atoms with Crippen molar-refractivity contribution in [3.05, 3.63) is 34.7 Å². The fourth-order valence-corrected chi connectivity index (χ4v) is 0.957. The third-order valence-corrected chi connectivity index (χ3v) is 1.42. The summed E-state index contributed by atoms with van der Waals surface area (Å²) < 4.78 is 1.43. The maximum Gasteiger partial charge on any atom is 0.310 e. The fraction of sp³-hybridized carbons (Fsp3) is 0.250. The Morgan fingerprint density at radius 1 is 1.80 bits per heavy atom. The molecule has 0 aromatic carbocycles. The molecule has 1 N–H and O–H groups in total. The Bertz CT molecular complexity index is 359. The lowest BCUT2D eigenvalue weighted by molar-refractivity contribution is -0.385. The molecule has 0 saturated heterocycles. The van der Waals surface area contributed by atoms with Crippen LogP contribution in [0.2, 0.25) is 0 Å². The number of nitrogens with zero attached hydrogens (tertiary/aromatic N) is 3. The minimum atomic E-state index is -0.439. The van der Waals surface area contributed by atoms with E-state index in [0.717, 1.165) is 0 Å². The van der Waals surface area contributed by atoms with Crippen molar-refractivity contribution in [1.82, 2.24) is 9.78 Å². The second-order valence-corrected chi connectivity index (χ2v) is 2.49. The molecule has 15 heavy (non-hydrogen) atoms. The molecule has 82 valence electrons. The number of hydrogen-bond donors (Lipinski definition) is 1. The number of aromatic nitrogens is 2. The van der Waals surface area contributed by atoms with Crippen LogP contribution in [0, 0.1) is 10.1 Å². The van der Waals surface area contributed by atoms with Crippen molar-refractivity contribution in [3.8, 4) is 0 Å². The SMILES string of the molecule is C=CCc1nn(C)cc1[N+](=O)[O-].O=CO. The number of aryl methyl sites for hydroxylation is 1. The van der Waals surface area contributed by atoms with Gasteiger partial charge in [-0.3, -0.25) is 19.6 Å². The van der Waals surface area contributed by atoms with Gasteiger partial charge in [0.1, 0.15) is 11.9 Å². The first-order valence-electron chi connectivity index (χ1n) is 3.92. The van der Waals surface area contributed by atoms with Crippen LogP contribution in [-0.2, 0) is 18.3 Å². The van der Waals surface area contributed by atoms with Crippen molar-refractivity contribution in [3.63, 3.8) is 0 Å². The molecule has 0 fully saturated rings. The summed E-state index contributed by atoms with van der Waals surface area (Å²) in [6.07, 6.45) is 3.41. The highest BCUT2D eigenvalue weighted by Gasteiger charge is 2.16. The molecule has 0 aliphatic carbocycles. The summed E-state index contributed by atoms with van der Waals surface area (Å²) in [6, 6.07) is 0. The van der Waals surface area contributed by atoms with Crippen molar-refractivity contribution in [2.24, 2.45) is 7.05 Å². The van der Waals surface area contributed by atoms with E-state index in [2.05, 4.69) is 11.7 Å². The summed E-state index contributed by atoms with van der Waals surface area (Å²) in [5.41, 5.74) is 0.509. The summed E-state index contributed by atoms with van der Waals surface area (Å²) in [5, 5.41) is 21.2. The second kappa shape index (κ2) is 6.30. The highest BCUT2D eigenvalue weighted by atomic mass is 16.6.